The minimum atomic E-state index is 0.0504. The zero-order chi connectivity index (χ0) is 14.8. The molecule has 4 heteroatoms. The zero-order valence-electron chi connectivity index (χ0n) is 12.7. The minimum Gasteiger partial charge on any atom is -0.487 e. The number of hydrogen-bond donors (Lipinski definition) is 2. The van der Waals surface area contributed by atoms with Gasteiger partial charge in [0.25, 0.3) is 0 Å². The first kappa shape index (κ1) is 14.6. The zero-order valence-corrected chi connectivity index (χ0v) is 12.7. The van der Waals surface area contributed by atoms with Crippen molar-refractivity contribution in [2.24, 2.45) is 5.73 Å². The quantitative estimate of drug-likeness (QED) is 0.900. The van der Waals surface area contributed by atoms with Gasteiger partial charge in [-0.1, -0.05) is 39.0 Å². The van der Waals surface area contributed by atoms with Crippen molar-refractivity contribution in [2.45, 2.75) is 46.3 Å². The lowest BCUT2D eigenvalue weighted by atomic mass is 9.86. The summed E-state index contributed by atoms with van der Waals surface area (Å²) in [5.41, 5.74) is 9.93. The molecular formula is C16H23N3O. The third kappa shape index (κ3) is 3.02. The van der Waals surface area contributed by atoms with Crippen LogP contribution in [0, 0.1) is 6.92 Å². The summed E-state index contributed by atoms with van der Waals surface area (Å²) in [4.78, 5) is 0. The van der Waals surface area contributed by atoms with Gasteiger partial charge in [-0.3, -0.25) is 5.10 Å². The van der Waals surface area contributed by atoms with Gasteiger partial charge in [-0.15, -0.1) is 0 Å². The number of nitrogens with two attached hydrogens (primary N) is 1. The Hall–Kier alpha value is -1.81. The fourth-order valence-electron chi connectivity index (χ4n) is 2.25. The van der Waals surface area contributed by atoms with Crippen LogP contribution in [0.5, 0.6) is 5.75 Å². The van der Waals surface area contributed by atoms with E-state index < -0.39 is 0 Å². The number of aromatic amines is 1. The van der Waals surface area contributed by atoms with Crippen LogP contribution in [0.3, 0.4) is 0 Å². The molecule has 108 valence electrons. The van der Waals surface area contributed by atoms with Crippen molar-refractivity contribution in [3.63, 3.8) is 0 Å². The van der Waals surface area contributed by atoms with E-state index in [0.717, 1.165) is 22.7 Å². The fourth-order valence-corrected chi connectivity index (χ4v) is 2.25. The van der Waals surface area contributed by atoms with E-state index in [1.165, 1.54) is 5.56 Å². The van der Waals surface area contributed by atoms with E-state index in [1.54, 1.807) is 0 Å². The van der Waals surface area contributed by atoms with Crippen LogP contribution in [0.2, 0.25) is 0 Å². The first-order chi connectivity index (χ1) is 9.43. The molecule has 1 aromatic carbocycles. The van der Waals surface area contributed by atoms with Crippen LogP contribution in [-0.2, 0) is 18.6 Å². The van der Waals surface area contributed by atoms with Crippen LogP contribution in [-0.4, -0.2) is 10.2 Å². The van der Waals surface area contributed by atoms with Gasteiger partial charge >= 0.3 is 0 Å². The van der Waals surface area contributed by atoms with Crippen molar-refractivity contribution < 1.29 is 4.74 Å². The van der Waals surface area contributed by atoms with Crippen molar-refractivity contribution >= 4 is 0 Å². The molecular weight excluding hydrogens is 250 g/mol. The van der Waals surface area contributed by atoms with Gasteiger partial charge in [0.15, 0.2) is 0 Å². The average Bonchev–Trinajstić information content (AvgIpc) is 2.76. The monoisotopic (exact) mass is 273 g/mol. The van der Waals surface area contributed by atoms with E-state index in [9.17, 15) is 0 Å². The third-order valence-corrected chi connectivity index (χ3v) is 3.42. The third-order valence-electron chi connectivity index (χ3n) is 3.42. The Morgan fingerprint density at radius 1 is 1.25 bits per heavy atom. The topological polar surface area (TPSA) is 63.9 Å². The summed E-state index contributed by atoms with van der Waals surface area (Å²) in [6.07, 6.45) is 0. The van der Waals surface area contributed by atoms with Gasteiger partial charge in [0.1, 0.15) is 18.1 Å². The molecule has 0 bridgehead atoms. The van der Waals surface area contributed by atoms with E-state index >= 15 is 0 Å². The van der Waals surface area contributed by atoms with Gasteiger partial charge in [-0.25, -0.2) is 0 Å². The Labute approximate surface area is 120 Å². The average molecular weight is 273 g/mol. The van der Waals surface area contributed by atoms with Crippen LogP contribution >= 0.6 is 0 Å². The van der Waals surface area contributed by atoms with E-state index in [1.807, 2.05) is 25.1 Å². The van der Waals surface area contributed by atoms with E-state index in [2.05, 4.69) is 37.0 Å². The van der Waals surface area contributed by atoms with Crippen LogP contribution in [0.25, 0.3) is 0 Å². The largest absolute Gasteiger partial charge is 0.487 e. The van der Waals surface area contributed by atoms with Crippen LogP contribution < -0.4 is 10.5 Å². The lowest BCUT2D eigenvalue weighted by Crippen LogP contribution is -2.13. The summed E-state index contributed by atoms with van der Waals surface area (Å²) in [7, 11) is 0. The minimum absolute atomic E-state index is 0.0504. The number of rotatable bonds is 4. The maximum absolute atomic E-state index is 5.97. The first-order valence-corrected chi connectivity index (χ1v) is 6.88. The molecule has 0 radical (unpaired) electrons. The smallest absolute Gasteiger partial charge is 0.132 e. The summed E-state index contributed by atoms with van der Waals surface area (Å²) in [6.45, 7) is 9.42. The second kappa shape index (κ2) is 5.67. The van der Waals surface area contributed by atoms with Crippen molar-refractivity contribution in [1.82, 2.24) is 10.2 Å². The molecule has 2 rings (SSSR count). The number of para-hydroxylation sites is 1. The molecule has 0 saturated heterocycles. The van der Waals surface area contributed by atoms with Gasteiger partial charge in [0, 0.05) is 17.8 Å². The van der Waals surface area contributed by atoms with E-state index in [-0.39, 0.29) is 5.41 Å². The maximum atomic E-state index is 5.97. The lowest BCUT2D eigenvalue weighted by Gasteiger charge is -2.22. The predicted molar refractivity (Wildman–Crippen MR) is 80.7 cm³/mol. The molecule has 0 amide bonds. The molecule has 2 aromatic rings. The highest BCUT2D eigenvalue weighted by Crippen LogP contribution is 2.31. The predicted octanol–water partition coefficient (Wildman–Crippen LogP) is 3.05. The van der Waals surface area contributed by atoms with E-state index in [0.29, 0.717) is 13.2 Å². The Morgan fingerprint density at radius 3 is 2.60 bits per heavy atom. The van der Waals surface area contributed by atoms with Crippen molar-refractivity contribution in [3.05, 3.63) is 46.8 Å². The molecule has 1 aromatic heterocycles. The molecule has 0 unspecified atom stereocenters. The van der Waals surface area contributed by atoms with E-state index in [4.69, 9.17) is 10.5 Å². The molecule has 0 spiro atoms. The van der Waals surface area contributed by atoms with Gasteiger partial charge < -0.3 is 10.5 Å². The number of hydrogen-bond acceptors (Lipinski definition) is 3. The molecule has 0 aliphatic carbocycles. The Kier molecular flexibility index (Phi) is 4.14. The number of nitrogens with one attached hydrogen (secondary N) is 1. The molecule has 3 N–H and O–H groups in total. The van der Waals surface area contributed by atoms with Gasteiger partial charge in [-0.05, 0) is 24.0 Å². The molecule has 0 saturated carbocycles. The summed E-state index contributed by atoms with van der Waals surface area (Å²) in [5.74, 6) is 0.906. The van der Waals surface area contributed by atoms with Gasteiger partial charge in [-0.2, -0.15) is 5.10 Å². The Morgan fingerprint density at radius 2 is 1.95 bits per heavy atom. The summed E-state index contributed by atoms with van der Waals surface area (Å²) in [5, 5.41) is 7.22. The highest BCUT2D eigenvalue weighted by Gasteiger charge is 2.19. The molecule has 20 heavy (non-hydrogen) atoms. The molecule has 4 nitrogen and oxygen atoms in total. The highest BCUT2D eigenvalue weighted by molar-refractivity contribution is 5.38. The number of nitrogens with zero attached hydrogens (tertiary/aromatic N) is 1. The van der Waals surface area contributed by atoms with Crippen LogP contribution in [0.1, 0.15) is 43.3 Å². The standard InChI is InChI=1S/C16H23N3O/c1-11-12(9-17)14(19-18-11)10-20-15-8-6-5-7-13(15)16(2,3)4/h5-8H,9-10,17H2,1-4H3,(H,18,19). The molecule has 0 aliphatic heterocycles. The van der Waals surface area contributed by atoms with Crippen molar-refractivity contribution in [3.8, 4) is 5.75 Å². The first-order valence-electron chi connectivity index (χ1n) is 6.88. The number of aryl methyl sites for hydroxylation is 1. The fraction of sp³-hybridized carbons (Fsp3) is 0.438. The van der Waals surface area contributed by atoms with Crippen molar-refractivity contribution in [2.75, 3.05) is 0 Å². The lowest BCUT2D eigenvalue weighted by molar-refractivity contribution is 0.291. The van der Waals surface area contributed by atoms with Gasteiger partial charge in [0.05, 0.1) is 0 Å². The highest BCUT2D eigenvalue weighted by atomic mass is 16.5. The number of H-pyrrole nitrogens is 1. The molecule has 0 atom stereocenters. The molecule has 0 fully saturated rings. The number of aromatic nitrogens is 2. The second-order valence-electron chi connectivity index (χ2n) is 6.01. The van der Waals surface area contributed by atoms with Crippen molar-refractivity contribution in [1.29, 1.82) is 0 Å². The SMILES string of the molecule is Cc1[nH]nc(COc2ccccc2C(C)(C)C)c1CN. The molecule has 0 aliphatic rings. The summed E-state index contributed by atoms with van der Waals surface area (Å²) in [6, 6.07) is 8.14. The summed E-state index contributed by atoms with van der Waals surface area (Å²) >= 11 is 0. The normalized spacial score (nSPS) is 11.7. The molecule has 1 heterocycles. The van der Waals surface area contributed by atoms with Crippen LogP contribution in [0.15, 0.2) is 24.3 Å². The number of ether oxygens (including phenoxy) is 1. The Balaban J connectivity index is 2.19. The maximum Gasteiger partial charge on any atom is 0.132 e. The number of benzene rings is 1. The Bertz CT molecular complexity index is 582. The summed E-state index contributed by atoms with van der Waals surface area (Å²) < 4.78 is 5.97. The van der Waals surface area contributed by atoms with Crippen LogP contribution in [0.4, 0.5) is 0 Å². The second-order valence-corrected chi connectivity index (χ2v) is 6.01. The van der Waals surface area contributed by atoms with Gasteiger partial charge in [0.2, 0.25) is 0 Å².